The molecule has 0 unspecified atom stereocenters. The van der Waals surface area contributed by atoms with E-state index >= 15 is 0 Å². The molecule has 0 saturated heterocycles. The minimum atomic E-state index is -3.93. The lowest BCUT2D eigenvalue weighted by Gasteiger charge is -2.13. The average Bonchev–Trinajstić information content (AvgIpc) is 2.38. The van der Waals surface area contributed by atoms with Crippen molar-refractivity contribution in [3.8, 4) is 11.5 Å². The maximum atomic E-state index is 11.7. The van der Waals surface area contributed by atoms with Crippen LogP contribution in [0.4, 0.5) is 0 Å². The summed E-state index contributed by atoms with van der Waals surface area (Å²) in [7, 11) is -0.0794. The number of hydrogen-bond acceptors (Lipinski definition) is 6. The number of carbonyl (C=O) groups is 1. The number of phenols is 1. The average molecular weight is 301 g/mol. The first-order valence-electron chi connectivity index (χ1n) is 5.47. The third kappa shape index (κ3) is 4.25. The predicted molar refractivity (Wildman–Crippen MR) is 72.4 cm³/mol. The van der Waals surface area contributed by atoms with Gasteiger partial charge in [-0.2, -0.15) is 12.7 Å². The molecule has 20 heavy (non-hydrogen) atoms. The molecule has 1 N–H and O–H groups in total. The van der Waals surface area contributed by atoms with Gasteiger partial charge in [-0.3, -0.25) is 0 Å². The number of carbonyl (C=O) groups excluding carboxylic acids is 1. The highest BCUT2D eigenvalue weighted by atomic mass is 32.2. The molecule has 0 amide bonds. The maximum absolute atomic E-state index is 11.7. The number of benzene rings is 1. The van der Waals surface area contributed by atoms with Crippen molar-refractivity contribution in [2.45, 2.75) is 0 Å². The van der Waals surface area contributed by atoms with E-state index in [1.54, 1.807) is 0 Å². The highest BCUT2D eigenvalue weighted by molar-refractivity contribution is 7.84. The second kappa shape index (κ2) is 6.40. The first-order valence-corrected chi connectivity index (χ1v) is 6.84. The summed E-state index contributed by atoms with van der Waals surface area (Å²) in [6.07, 6.45) is 2.37. The van der Waals surface area contributed by atoms with Gasteiger partial charge in [-0.15, -0.1) is 0 Å². The highest BCUT2D eigenvalue weighted by Crippen LogP contribution is 2.26. The monoisotopic (exact) mass is 301 g/mol. The Hall–Kier alpha value is -2.06. The van der Waals surface area contributed by atoms with Crippen LogP contribution >= 0.6 is 0 Å². The zero-order valence-corrected chi connectivity index (χ0v) is 12.0. The summed E-state index contributed by atoms with van der Waals surface area (Å²) in [6, 6.07) is 3.82. The molecule has 7 nitrogen and oxygen atoms in total. The third-order valence-corrected chi connectivity index (χ3v) is 3.52. The molecule has 0 atom stereocenters. The Kier molecular flexibility index (Phi) is 5.12. The van der Waals surface area contributed by atoms with Crippen LogP contribution in [0.3, 0.4) is 0 Å². The first kappa shape index (κ1) is 16.0. The Morgan fingerprint density at radius 2 is 2.00 bits per heavy atom. The van der Waals surface area contributed by atoms with Gasteiger partial charge in [-0.1, -0.05) is 0 Å². The van der Waals surface area contributed by atoms with Gasteiger partial charge < -0.3 is 14.0 Å². The van der Waals surface area contributed by atoms with Crippen molar-refractivity contribution in [2.24, 2.45) is 0 Å². The summed E-state index contributed by atoms with van der Waals surface area (Å²) in [5.74, 6) is -0.726. The zero-order valence-electron chi connectivity index (χ0n) is 11.2. The van der Waals surface area contributed by atoms with Crippen LogP contribution in [-0.2, 0) is 19.8 Å². The van der Waals surface area contributed by atoms with E-state index in [9.17, 15) is 18.3 Å². The molecule has 0 heterocycles. The molecule has 0 radical (unpaired) electrons. The normalized spacial score (nSPS) is 11.8. The van der Waals surface area contributed by atoms with Crippen LogP contribution in [0.25, 0.3) is 6.08 Å². The van der Waals surface area contributed by atoms with Gasteiger partial charge in [0.1, 0.15) is 5.75 Å². The van der Waals surface area contributed by atoms with Crippen LogP contribution < -0.4 is 4.18 Å². The summed E-state index contributed by atoms with van der Waals surface area (Å²) in [4.78, 5) is 11.0. The van der Waals surface area contributed by atoms with Crippen molar-refractivity contribution in [1.29, 1.82) is 0 Å². The molecule has 1 aromatic carbocycles. The van der Waals surface area contributed by atoms with Gasteiger partial charge in [0.05, 0.1) is 7.11 Å². The minimum Gasteiger partial charge on any atom is -0.508 e. The van der Waals surface area contributed by atoms with Crippen molar-refractivity contribution >= 4 is 22.3 Å². The van der Waals surface area contributed by atoms with Gasteiger partial charge in [0.15, 0.2) is 5.75 Å². The van der Waals surface area contributed by atoms with Crippen molar-refractivity contribution < 1.29 is 27.2 Å². The summed E-state index contributed by atoms with van der Waals surface area (Å²) < 4.78 is 33.5. The van der Waals surface area contributed by atoms with E-state index < -0.39 is 16.3 Å². The molecular formula is C12H15NO6S. The molecular weight excluding hydrogens is 286 g/mol. The van der Waals surface area contributed by atoms with Crippen LogP contribution in [0.2, 0.25) is 0 Å². The maximum Gasteiger partial charge on any atom is 0.384 e. The number of methoxy groups -OCH3 is 1. The van der Waals surface area contributed by atoms with Crippen LogP contribution in [0.1, 0.15) is 5.56 Å². The number of phenolic OH excluding ortho intramolecular Hbond substituents is 1. The molecule has 1 rings (SSSR count). The molecule has 0 aromatic heterocycles. The van der Waals surface area contributed by atoms with E-state index in [-0.39, 0.29) is 17.1 Å². The van der Waals surface area contributed by atoms with Crippen molar-refractivity contribution in [3.63, 3.8) is 0 Å². The summed E-state index contributed by atoms with van der Waals surface area (Å²) in [5.41, 5.74) is 0.223. The quantitative estimate of drug-likeness (QED) is 0.637. The minimum absolute atomic E-state index is 0.0170. The number of aromatic hydroxyl groups is 1. The lowest BCUT2D eigenvalue weighted by Crippen LogP contribution is -2.27. The van der Waals surface area contributed by atoms with Crippen molar-refractivity contribution in [1.82, 2.24) is 4.31 Å². The van der Waals surface area contributed by atoms with Gasteiger partial charge in [-0.25, -0.2) is 4.79 Å². The number of ether oxygens (including phenoxy) is 1. The Balaban J connectivity index is 3.15. The molecule has 0 saturated carbocycles. The third-order valence-electron chi connectivity index (χ3n) is 2.24. The fourth-order valence-corrected chi connectivity index (χ4v) is 1.68. The summed E-state index contributed by atoms with van der Waals surface area (Å²) in [5, 5.41) is 9.40. The SMILES string of the molecule is COC(=O)C=Cc1cc(O)ccc1OS(=O)(=O)N(C)C. The largest absolute Gasteiger partial charge is 0.508 e. The molecule has 1 aromatic rings. The van der Waals surface area contributed by atoms with Crippen LogP contribution in [-0.4, -0.2) is 45.0 Å². The first-order chi connectivity index (χ1) is 9.26. The molecule has 110 valence electrons. The van der Waals surface area contributed by atoms with Gasteiger partial charge in [0.25, 0.3) is 0 Å². The number of hydrogen-bond donors (Lipinski definition) is 1. The summed E-state index contributed by atoms with van der Waals surface area (Å²) in [6.45, 7) is 0. The van der Waals surface area contributed by atoms with Crippen LogP contribution in [0, 0.1) is 0 Å². The highest BCUT2D eigenvalue weighted by Gasteiger charge is 2.17. The van der Waals surface area contributed by atoms with Crippen LogP contribution in [0.15, 0.2) is 24.3 Å². The molecule has 0 aliphatic rings. The number of nitrogens with zero attached hydrogens (tertiary/aromatic N) is 1. The second-order valence-corrected chi connectivity index (χ2v) is 5.65. The number of rotatable bonds is 5. The Morgan fingerprint density at radius 1 is 1.35 bits per heavy atom. The Morgan fingerprint density at radius 3 is 2.55 bits per heavy atom. The smallest absolute Gasteiger partial charge is 0.384 e. The van der Waals surface area contributed by atoms with E-state index in [0.29, 0.717) is 0 Å². The lowest BCUT2D eigenvalue weighted by atomic mass is 10.2. The Bertz CT molecular complexity index is 621. The molecule has 0 aliphatic heterocycles. The van der Waals surface area contributed by atoms with Gasteiger partial charge in [-0.05, 0) is 24.3 Å². The molecule has 0 bridgehead atoms. The lowest BCUT2D eigenvalue weighted by molar-refractivity contribution is -0.134. The summed E-state index contributed by atoms with van der Waals surface area (Å²) >= 11 is 0. The van der Waals surface area contributed by atoms with E-state index in [1.807, 2.05) is 0 Å². The van der Waals surface area contributed by atoms with Gasteiger partial charge >= 0.3 is 16.3 Å². The second-order valence-electron chi connectivity index (χ2n) is 3.90. The molecule has 0 spiro atoms. The predicted octanol–water partition coefficient (Wildman–Crippen LogP) is 0.764. The van der Waals surface area contributed by atoms with E-state index in [0.717, 1.165) is 10.4 Å². The number of esters is 1. The fraction of sp³-hybridized carbons (Fsp3) is 0.250. The topological polar surface area (TPSA) is 93.1 Å². The van der Waals surface area contributed by atoms with Crippen molar-refractivity contribution in [2.75, 3.05) is 21.2 Å². The van der Waals surface area contributed by atoms with E-state index in [4.69, 9.17) is 4.18 Å². The van der Waals surface area contributed by atoms with E-state index in [1.165, 1.54) is 45.5 Å². The van der Waals surface area contributed by atoms with Crippen molar-refractivity contribution in [3.05, 3.63) is 29.8 Å². The van der Waals surface area contributed by atoms with E-state index in [2.05, 4.69) is 4.74 Å². The standard InChI is InChI=1S/C12H15NO6S/c1-13(2)20(16,17)19-11-6-5-10(14)8-9(11)4-7-12(15)18-3/h4-8,14H,1-3H3. The van der Waals surface area contributed by atoms with Gasteiger partial charge in [0, 0.05) is 25.7 Å². The fourth-order valence-electron chi connectivity index (χ4n) is 1.16. The molecule has 0 fully saturated rings. The van der Waals surface area contributed by atoms with Crippen LogP contribution in [0.5, 0.6) is 11.5 Å². The Labute approximate surface area is 117 Å². The molecule has 8 heteroatoms. The molecule has 0 aliphatic carbocycles. The van der Waals surface area contributed by atoms with Gasteiger partial charge in [0.2, 0.25) is 0 Å². The zero-order chi connectivity index (χ0) is 15.3.